The molecule has 0 amide bonds. The molecule has 0 aliphatic heterocycles. The Morgan fingerprint density at radius 1 is 0.897 bits per heavy atom. The molecule has 5 nitrogen and oxygen atoms in total. The lowest BCUT2D eigenvalue weighted by molar-refractivity contribution is 0.0687. The first-order valence-electron chi connectivity index (χ1n) is 9.72. The lowest BCUT2D eigenvalue weighted by atomic mass is 9.89. The summed E-state index contributed by atoms with van der Waals surface area (Å²) in [6.45, 7) is 7.56. The number of hydrogen-bond acceptors (Lipinski definition) is 5. The molecule has 0 radical (unpaired) electrons. The highest BCUT2D eigenvalue weighted by molar-refractivity contribution is 5.88. The van der Waals surface area contributed by atoms with Crippen molar-refractivity contribution in [3.05, 3.63) is 83.6 Å². The second-order valence-corrected chi connectivity index (χ2v) is 7.92. The van der Waals surface area contributed by atoms with E-state index >= 15 is 0 Å². The Kier molecular flexibility index (Phi) is 4.84. The Morgan fingerprint density at radius 2 is 1.59 bits per heavy atom. The highest BCUT2D eigenvalue weighted by atomic mass is 16.3. The molecular weight excluding hydrogens is 360 g/mol. The van der Waals surface area contributed by atoms with E-state index in [9.17, 15) is 5.11 Å². The summed E-state index contributed by atoms with van der Waals surface area (Å²) >= 11 is 0. The van der Waals surface area contributed by atoms with E-state index < -0.39 is 5.60 Å². The van der Waals surface area contributed by atoms with Crippen molar-refractivity contribution in [3.8, 4) is 11.1 Å². The van der Waals surface area contributed by atoms with Gasteiger partial charge in [0.15, 0.2) is 5.82 Å². The molecule has 1 atom stereocenters. The quantitative estimate of drug-likeness (QED) is 0.548. The Bertz CT molecular complexity index is 1150. The molecule has 0 aliphatic carbocycles. The van der Waals surface area contributed by atoms with E-state index in [0.29, 0.717) is 5.82 Å². The summed E-state index contributed by atoms with van der Waals surface area (Å²) in [6, 6.07) is 16.6. The monoisotopic (exact) mass is 384 g/mol. The normalized spacial score (nSPS) is 12.9. The average molecular weight is 384 g/mol. The van der Waals surface area contributed by atoms with Gasteiger partial charge in [0.25, 0.3) is 0 Å². The predicted octanol–water partition coefficient (Wildman–Crippen LogP) is 4.77. The molecular formula is C24H24N4O. The van der Waals surface area contributed by atoms with Crippen molar-refractivity contribution < 1.29 is 5.11 Å². The van der Waals surface area contributed by atoms with Crippen LogP contribution in [0.3, 0.4) is 0 Å². The highest BCUT2D eigenvalue weighted by Crippen LogP contribution is 2.33. The van der Waals surface area contributed by atoms with Crippen LogP contribution in [0.5, 0.6) is 0 Å². The van der Waals surface area contributed by atoms with Crippen LogP contribution in [0.1, 0.15) is 49.3 Å². The third-order valence-electron chi connectivity index (χ3n) is 5.25. The van der Waals surface area contributed by atoms with Gasteiger partial charge in [-0.3, -0.25) is 0 Å². The number of benzene rings is 2. The van der Waals surface area contributed by atoms with E-state index in [4.69, 9.17) is 0 Å². The summed E-state index contributed by atoms with van der Waals surface area (Å²) < 4.78 is 0. The fourth-order valence-corrected chi connectivity index (χ4v) is 3.64. The zero-order chi connectivity index (χ0) is 20.6. The van der Waals surface area contributed by atoms with Crippen LogP contribution < -0.4 is 0 Å². The van der Waals surface area contributed by atoms with Crippen LogP contribution in [0, 0.1) is 6.92 Å². The van der Waals surface area contributed by atoms with Crippen molar-refractivity contribution in [1.82, 2.24) is 20.2 Å². The predicted molar refractivity (Wildman–Crippen MR) is 115 cm³/mol. The topological polar surface area (TPSA) is 71.8 Å². The fourth-order valence-electron chi connectivity index (χ4n) is 3.64. The number of aliphatic hydroxyl groups is 1. The summed E-state index contributed by atoms with van der Waals surface area (Å²) in [5, 5.41) is 19.9. The van der Waals surface area contributed by atoms with Gasteiger partial charge in [-0.1, -0.05) is 43.3 Å². The molecule has 29 heavy (non-hydrogen) atoms. The number of hydrogen-bond donors (Lipinski definition) is 1. The van der Waals surface area contributed by atoms with Crippen LogP contribution >= 0.6 is 0 Å². The van der Waals surface area contributed by atoms with Gasteiger partial charge in [0, 0.05) is 29.3 Å². The summed E-state index contributed by atoms with van der Waals surface area (Å²) in [6.07, 6.45) is 3.51. The zero-order valence-electron chi connectivity index (χ0n) is 17.1. The van der Waals surface area contributed by atoms with Gasteiger partial charge in [0.1, 0.15) is 5.60 Å². The second kappa shape index (κ2) is 7.33. The average Bonchev–Trinajstić information content (AvgIpc) is 2.73. The minimum Gasteiger partial charge on any atom is -0.382 e. The summed E-state index contributed by atoms with van der Waals surface area (Å²) in [4.78, 5) is 8.68. The molecule has 1 unspecified atom stereocenters. The molecule has 5 heteroatoms. The maximum atomic E-state index is 10.1. The van der Waals surface area contributed by atoms with Crippen LogP contribution in [0.15, 0.2) is 60.9 Å². The second-order valence-electron chi connectivity index (χ2n) is 7.92. The molecule has 0 aliphatic rings. The third-order valence-corrected chi connectivity index (χ3v) is 5.25. The van der Waals surface area contributed by atoms with E-state index in [2.05, 4.69) is 57.4 Å². The maximum Gasteiger partial charge on any atom is 0.159 e. The van der Waals surface area contributed by atoms with Gasteiger partial charge >= 0.3 is 0 Å². The van der Waals surface area contributed by atoms with Gasteiger partial charge in [-0.25, -0.2) is 9.97 Å². The Morgan fingerprint density at radius 3 is 2.24 bits per heavy atom. The highest BCUT2D eigenvalue weighted by Gasteiger charge is 2.20. The summed E-state index contributed by atoms with van der Waals surface area (Å²) in [7, 11) is 0. The van der Waals surface area contributed by atoms with Gasteiger partial charge in [0.05, 0.1) is 11.2 Å². The van der Waals surface area contributed by atoms with E-state index in [1.54, 1.807) is 26.2 Å². The van der Waals surface area contributed by atoms with Crippen LogP contribution in [-0.4, -0.2) is 25.3 Å². The summed E-state index contributed by atoms with van der Waals surface area (Å²) in [5.41, 5.74) is 5.06. The van der Waals surface area contributed by atoms with Crippen LogP contribution in [0.2, 0.25) is 0 Å². The number of nitrogens with zero attached hydrogens (tertiary/aromatic N) is 4. The van der Waals surface area contributed by atoms with Crippen LogP contribution in [-0.2, 0) is 5.60 Å². The van der Waals surface area contributed by atoms with Crippen molar-refractivity contribution >= 4 is 10.9 Å². The van der Waals surface area contributed by atoms with Gasteiger partial charge in [-0.2, -0.15) is 10.2 Å². The van der Waals surface area contributed by atoms with Crippen LogP contribution in [0.4, 0.5) is 0 Å². The Balaban J connectivity index is 1.83. The van der Waals surface area contributed by atoms with E-state index in [1.165, 1.54) is 11.1 Å². The van der Waals surface area contributed by atoms with Gasteiger partial charge < -0.3 is 5.11 Å². The lowest BCUT2D eigenvalue weighted by Crippen LogP contribution is -2.19. The molecule has 2 aromatic heterocycles. The SMILES string of the molecule is Cc1nnc2ccc(-c3cnc(C(C)(C)O)nc3)cc2c1C(C)c1ccccc1. The third kappa shape index (κ3) is 3.74. The van der Waals surface area contributed by atoms with Crippen molar-refractivity contribution in [1.29, 1.82) is 0 Å². The standard InChI is InChI=1S/C24H24N4O/c1-15(17-8-6-5-7-9-17)22-16(2)27-28-21-11-10-18(12-20(21)22)19-13-25-23(26-14-19)24(3,4)29/h5-15,29H,1-4H3. The molecule has 0 saturated carbocycles. The molecule has 4 rings (SSSR count). The number of aromatic nitrogens is 4. The number of aryl methyl sites for hydroxylation is 1. The summed E-state index contributed by atoms with van der Waals surface area (Å²) in [5.74, 6) is 0.598. The minimum atomic E-state index is -1.06. The number of fused-ring (bicyclic) bond motifs is 1. The molecule has 0 fully saturated rings. The van der Waals surface area contributed by atoms with E-state index in [1.807, 2.05) is 25.1 Å². The van der Waals surface area contributed by atoms with Gasteiger partial charge in [0.2, 0.25) is 0 Å². The van der Waals surface area contributed by atoms with Gasteiger partial charge in [-0.05, 0) is 49.6 Å². The fraction of sp³-hybridized carbons (Fsp3) is 0.250. The largest absolute Gasteiger partial charge is 0.382 e. The minimum absolute atomic E-state index is 0.193. The zero-order valence-corrected chi connectivity index (χ0v) is 17.1. The molecule has 0 bridgehead atoms. The van der Waals surface area contributed by atoms with Crippen molar-refractivity contribution in [2.45, 2.75) is 39.2 Å². The molecule has 1 N–H and O–H groups in total. The van der Waals surface area contributed by atoms with Gasteiger partial charge in [-0.15, -0.1) is 0 Å². The molecule has 0 saturated heterocycles. The smallest absolute Gasteiger partial charge is 0.159 e. The maximum absolute atomic E-state index is 10.1. The van der Waals surface area contributed by atoms with Crippen molar-refractivity contribution in [3.63, 3.8) is 0 Å². The molecule has 146 valence electrons. The first kappa shape index (κ1) is 19.2. The first-order valence-corrected chi connectivity index (χ1v) is 9.72. The lowest BCUT2D eigenvalue weighted by Gasteiger charge is -2.18. The first-order chi connectivity index (χ1) is 13.8. The molecule has 2 heterocycles. The molecule has 4 aromatic rings. The molecule has 0 spiro atoms. The Labute approximate surface area is 170 Å². The van der Waals surface area contributed by atoms with E-state index in [0.717, 1.165) is 27.7 Å². The number of rotatable bonds is 4. The van der Waals surface area contributed by atoms with Crippen molar-refractivity contribution in [2.24, 2.45) is 0 Å². The molecule has 2 aromatic carbocycles. The Hall–Kier alpha value is -3.18. The van der Waals surface area contributed by atoms with Crippen LogP contribution in [0.25, 0.3) is 22.0 Å². The van der Waals surface area contributed by atoms with E-state index in [-0.39, 0.29) is 5.92 Å². The van der Waals surface area contributed by atoms with Crippen molar-refractivity contribution in [2.75, 3.05) is 0 Å².